The molecular formula is C20H14ClFN2O3S. The maximum atomic E-state index is 13.9. The number of nitrogens with one attached hydrogen (secondary N) is 1. The van der Waals surface area contributed by atoms with Crippen LogP contribution in [-0.4, -0.2) is 18.0 Å². The van der Waals surface area contributed by atoms with E-state index in [4.69, 9.17) is 20.8 Å². The first-order chi connectivity index (χ1) is 13.5. The van der Waals surface area contributed by atoms with E-state index in [9.17, 15) is 9.18 Å². The minimum absolute atomic E-state index is 0.159. The number of nitrogens with zero attached hydrogens (tertiary/aromatic N) is 1. The van der Waals surface area contributed by atoms with Gasteiger partial charge in [0.05, 0.1) is 17.8 Å². The SMILES string of the molecule is COc1ccc(-c2csc(NC(=O)c3oc4c(Cl)cccc4c3C)n2)cc1F. The highest BCUT2D eigenvalue weighted by molar-refractivity contribution is 7.14. The number of ether oxygens (including phenoxy) is 1. The number of fused-ring (bicyclic) bond motifs is 1. The third-order valence-electron chi connectivity index (χ3n) is 4.29. The summed E-state index contributed by atoms with van der Waals surface area (Å²) < 4.78 is 24.5. The first-order valence-corrected chi connectivity index (χ1v) is 9.52. The van der Waals surface area contributed by atoms with Gasteiger partial charge in [-0.25, -0.2) is 9.37 Å². The van der Waals surface area contributed by atoms with Crippen molar-refractivity contribution in [3.05, 3.63) is 63.9 Å². The largest absolute Gasteiger partial charge is 0.494 e. The number of carbonyl (C=O) groups excluding carboxylic acids is 1. The molecule has 0 saturated carbocycles. The number of rotatable bonds is 4. The third-order valence-corrected chi connectivity index (χ3v) is 5.35. The number of benzene rings is 2. The van der Waals surface area contributed by atoms with E-state index in [0.29, 0.717) is 32.6 Å². The summed E-state index contributed by atoms with van der Waals surface area (Å²) in [7, 11) is 1.40. The van der Waals surface area contributed by atoms with E-state index in [0.717, 1.165) is 5.39 Å². The number of aromatic nitrogens is 1. The number of halogens is 2. The molecule has 0 bridgehead atoms. The monoisotopic (exact) mass is 416 g/mol. The fraction of sp³-hybridized carbons (Fsp3) is 0.100. The molecule has 142 valence electrons. The lowest BCUT2D eigenvalue weighted by Crippen LogP contribution is -2.11. The van der Waals surface area contributed by atoms with Crippen LogP contribution in [0.5, 0.6) is 5.75 Å². The van der Waals surface area contributed by atoms with Crippen LogP contribution in [0, 0.1) is 12.7 Å². The molecule has 0 atom stereocenters. The fourth-order valence-corrected chi connectivity index (χ4v) is 3.80. The van der Waals surface area contributed by atoms with E-state index in [1.54, 1.807) is 30.5 Å². The molecule has 0 aliphatic rings. The van der Waals surface area contributed by atoms with E-state index < -0.39 is 11.7 Å². The second-order valence-electron chi connectivity index (χ2n) is 6.01. The van der Waals surface area contributed by atoms with Crippen LogP contribution < -0.4 is 10.1 Å². The Bertz CT molecular complexity index is 1200. The smallest absolute Gasteiger partial charge is 0.293 e. The minimum atomic E-state index is -0.478. The zero-order valence-electron chi connectivity index (χ0n) is 14.9. The summed E-state index contributed by atoms with van der Waals surface area (Å²) in [5, 5.41) is 6.06. The molecule has 1 N–H and O–H groups in total. The van der Waals surface area contributed by atoms with E-state index in [-0.39, 0.29) is 11.5 Å². The average Bonchev–Trinajstić information content (AvgIpc) is 3.27. The zero-order chi connectivity index (χ0) is 19.8. The molecule has 0 spiro atoms. The highest BCUT2D eigenvalue weighted by atomic mass is 35.5. The second kappa shape index (κ2) is 7.26. The van der Waals surface area contributed by atoms with Gasteiger partial charge in [0.25, 0.3) is 5.91 Å². The Morgan fingerprint density at radius 1 is 1.32 bits per heavy atom. The molecule has 0 aliphatic heterocycles. The number of methoxy groups -OCH3 is 1. The second-order valence-corrected chi connectivity index (χ2v) is 7.28. The summed E-state index contributed by atoms with van der Waals surface area (Å²) in [6.07, 6.45) is 0. The Hall–Kier alpha value is -2.90. The van der Waals surface area contributed by atoms with Crippen LogP contribution in [0.1, 0.15) is 16.1 Å². The van der Waals surface area contributed by atoms with Gasteiger partial charge in [0.1, 0.15) is 0 Å². The van der Waals surface area contributed by atoms with E-state index in [2.05, 4.69) is 10.3 Å². The van der Waals surface area contributed by atoms with Gasteiger partial charge in [-0.05, 0) is 31.2 Å². The first-order valence-electron chi connectivity index (χ1n) is 8.26. The summed E-state index contributed by atoms with van der Waals surface area (Å²) in [6.45, 7) is 1.80. The summed E-state index contributed by atoms with van der Waals surface area (Å²) >= 11 is 7.37. The van der Waals surface area contributed by atoms with Crippen molar-refractivity contribution in [2.45, 2.75) is 6.92 Å². The van der Waals surface area contributed by atoms with Crippen molar-refractivity contribution in [2.24, 2.45) is 0 Å². The molecule has 2 heterocycles. The number of furan rings is 1. The van der Waals surface area contributed by atoms with Gasteiger partial charge in [0, 0.05) is 21.9 Å². The van der Waals surface area contributed by atoms with Crippen LogP contribution >= 0.6 is 22.9 Å². The maximum absolute atomic E-state index is 13.9. The highest BCUT2D eigenvalue weighted by Gasteiger charge is 2.20. The van der Waals surface area contributed by atoms with Crippen LogP contribution in [0.2, 0.25) is 5.02 Å². The third kappa shape index (κ3) is 3.23. The summed E-state index contributed by atoms with van der Waals surface area (Å²) in [5.41, 5.74) is 2.30. The molecule has 4 rings (SSSR count). The van der Waals surface area contributed by atoms with Gasteiger partial charge in [-0.2, -0.15) is 0 Å². The molecule has 0 saturated heterocycles. The Kier molecular flexibility index (Phi) is 4.78. The molecule has 28 heavy (non-hydrogen) atoms. The number of carbonyl (C=O) groups is 1. The molecular weight excluding hydrogens is 403 g/mol. The van der Waals surface area contributed by atoms with E-state index in [1.807, 2.05) is 6.07 Å². The minimum Gasteiger partial charge on any atom is -0.494 e. The van der Waals surface area contributed by atoms with E-state index >= 15 is 0 Å². The molecule has 1 amide bonds. The number of hydrogen-bond acceptors (Lipinski definition) is 5. The maximum Gasteiger partial charge on any atom is 0.293 e. The zero-order valence-corrected chi connectivity index (χ0v) is 16.5. The predicted molar refractivity (Wildman–Crippen MR) is 108 cm³/mol. The van der Waals surface area contributed by atoms with Crippen molar-refractivity contribution in [3.63, 3.8) is 0 Å². The molecule has 5 nitrogen and oxygen atoms in total. The first kappa shape index (κ1) is 18.5. The fourth-order valence-electron chi connectivity index (χ4n) is 2.87. The Morgan fingerprint density at radius 3 is 2.86 bits per heavy atom. The normalized spacial score (nSPS) is 11.0. The van der Waals surface area contributed by atoms with Crippen molar-refractivity contribution in [3.8, 4) is 17.0 Å². The van der Waals surface area contributed by atoms with Crippen LogP contribution in [0.3, 0.4) is 0 Å². The van der Waals surface area contributed by atoms with Gasteiger partial charge in [-0.3, -0.25) is 10.1 Å². The Morgan fingerprint density at radius 2 is 2.14 bits per heavy atom. The number of amides is 1. The lowest BCUT2D eigenvalue weighted by atomic mass is 10.1. The van der Waals surface area contributed by atoms with Gasteiger partial charge in [0.2, 0.25) is 0 Å². The number of thiazole rings is 1. The number of hydrogen-bond donors (Lipinski definition) is 1. The van der Waals surface area contributed by atoms with Gasteiger partial charge in [-0.1, -0.05) is 23.7 Å². The van der Waals surface area contributed by atoms with Crippen molar-refractivity contribution in [1.29, 1.82) is 0 Å². The lowest BCUT2D eigenvalue weighted by molar-refractivity contribution is 0.0998. The molecule has 0 aliphatic carbocycles. The molecule has 4 aromatic rings. The highest BCUT2D eigenvalue weighted by Crippen LogP contribution is 2.32. The average molecular weight is 417 g/mol. The summed E-state index contributed by atoms with van der Waals surface area (Å²) in [6, 6.07) is 9.92. The lowest BCUT2D eigenvalue weighted by Gasteiger charge is -2.03. The van der Waals surface area contributed by atoms with Gasteiger partial charge in [0.15, 0.2) is 28.0 Å². The molecule has 0 radical (unpaired) electrons. The molecule has 2 aromatic heterocycles. The van der Waals surface area contributed by atoms with Crippen molar-refractivity contribution < 1.29 is 18.3 Å². The molecule has 0 fully saturated rings. The Labute approximate surface area is 168 Å². The number of para-hydroxylation sites is 1. The summed E-state index contributed by atoms with van der Waals surface area (Å²) in [5.74, 6) is -0.568. The van der Waals surface area contributed by atoms with Crippen LogP contribution in [0.4, 0.5) is 9.52 Å². The van der Waals surface area contributed by atoms with Crippen molar-refractivity contribution in [1.82, 2.24) is 4.98 Å². The van der Waals surface area contributed by atoms with E-state index in [1.165, 1.54) is 30.6 Å². The Balaban J connectivity index is 1.59. The van der Waals surface area contributed by atoms with Crippen LogP contribution in [0.15, 0.2) is 46.2 Å². The quantitative estimate of drug-likeness (QED) is 0.448. The summed E-state index contributed by atoms with van der Waals surface area (Å²) in [4.78, 5) is 17.0. The number of aryl methyl sites for hydroxylation is 1. The van der Waals surface area contributed by atoms with Crippen LogP contribution in [0.25, 0.3) is 22.2 Å². The molecule has 8 heteroatoms. The topological polar surface area (TPSA) is 64.4 Å². The molecule has 0 unspecified atom stereocenters. The van der Waals surface area contributed by atoms with Crippen molar-refractivity contribution >= 4 is 44.9 Å². The van der Waals surface area contributed by atoms with Crippen molar-refractivity contribution in [2.75, 3.05) is 12.4 Å². The van der Waals surface area contributed by atoms with Gasteiger partial charge < -0.3 is 9.15 Å². The molecule has 2 aromatic carbocycles. The van der Waals surface area contributed by atoms with Gasteiger partial charge in [-0.15, -0.1) is 11.3 Å². The standard InChI is InChI=1S/C20H14ClFN2O3S/c1-10-12-4-3-5-13(21)18(12)27-17(10)19(25)24-20-23-15(9-28-20)11-6-7-16(26-2)14(22)8-11/h3-9H,1-2H3,(H,23,24,25). The number of anilines is 1. The van der Waals surface area contributed by atoms with Crippen LogP contribution in [-0.2, 0) is 0 Å². The predicted octanol–water partition coefficient (Wildman–Crippen LogP) is 5.92. The van der Waals surface area contributed by atoms with Gasteiger partial charge >= 0.3 is 0 Å².